The van der Waals surface area contributed by atoms with Crippen molar-refractivity contribution in [3.63, 3.8) is 0 Å². The van der Waals surface area contributed by atoms with Gasteiger partial charge in [0.15, 0.2) is 0 Å². The zero-order valence-corrected chi connectivity index (χ0v) is 11.9. The number of primary amides is 1. The summed E-state index contributed by atoms with van der Waals surface area (Å²) in [5.74, 6) is 0.489. The fraction of sp³-hybridized carbons (Fsp3) is 0.562. The van der Waals surface area contributed by atoms with Crippen molar-refractivity contribution in [1.29, 1.82) is 0 Å². The molecule has 0 aliphatic heterocycles. The summed E-state index contributed by atoms with van der Waals surface area (Å²) in [5, 5.41) is 3.62. The van der Waals surface area contributed by atoms with Crippen LogP contribution in [-0.4, -0.2) is 11.9 Å². The lowest BCUT2D eigenvalue weighted by Crippen LogP contribution is -2.19. The Balaban J connectivity index is 2.04. The van der Waals surface area contributed by atoms with Crippen LogP contribution in [0.1, 0.15) is 54.9 Å². The van der Waals surface area contributed by atoms with E-state index in [0.29, 0.717) is 11.6 Å². The third kappa shape index (κ3) is 3.72. The first-order valence-corrected chi connectivity index (χ1v) is 7.23. The van der Waals surface area contributed by atoms with E-state index in [2.05, 4.69) is 12.2 Å². The van der Waals surface area contributed by atoms with E-state index in [1.165, 1.54) is 32.1 Å². The molecular weight excluding hydrogens is 236 g/mol. The molecule has 3 nitrogen and oxygen atoms in total. The molecule has 0 spiro atoms. The molecule has 1 aliphatic rings. The van der Waals surface area contributed by atoms with Gasteiger partial charge in [-0.2, -0.15) is 0 Å². The molecule has 19 heavy (non-hydrogen) atoms. The molecule has 0 aromatic heterocycles. The number of hydrogen-bond donors (Lipinski definition) is 2. The summed E-state index contributed by atoms with van der Waals surface area (Å²) in [6, 6.07) is 6.20. The molecule has 2 unspecified atom stereocenters. The number of carbonyl (C=O) groups is 1. The van der Waals surface area contributed by atoms with Gasteiger partial charge >= 0.3 is 0 Å². The molecule has 1 saturated carbocycles. The Labute approximate surface area is 115 Å². The van der Waals surface area contributed by atoms with E-state index in [1.54, 1.807) is 6.07 Å². The van der Waals surface area contributed by atoms with Gasteiger partial charge in [-0.3, -0.25) is 4.79 Å². The lowest BCUT2D eigenvalue weighted by atomic mass is 10.0. The van der Waals surface area contributed by atoms with Gasteiger partial charge in [0.2, 0.25) is 5.91 Å². The number of rotatable bonds is 3. The van der Waals surface area contributed by atoms with Gasteiger partial charge in [-0.25, -0.2) is 0 Å². The summed E-state index contributed by atoms with van der Waals surface area (Å²) in [4.78, 5) is 11.1. The fourth-order valence-electron chi connectivity index (χ4n) is 2.83. The molecule has 0 bridgehead atoms. The minimum absolute atomic E-state index is 0.363. The number of carbonyl (C=O) groups excluding carboxylic acids is 1. The molecule has 1 aromatic carbocycles. The highest BCUT2D eigenvalue weighted by Gasteiger charge is 2.16. The molecule has 104 valence electrons. The van der Waals surface area contributed by atoms with E-state index < -0.39 is 0 Å². The van der Waals surface area contributed by atoms with Crippen molar-refractivity contribution in [1.82, 2.24) is 0 Å². The molecule has 0 radical (unpaired) electrons. The van der Waals surface area contributed by atoms with E-state index >= 15 is 0 Å². The largest absolute Gasteiger partial charge is 0.382 e. The third-order valence-electron chi connectivity index (χ3n) is 4.13. The third-order valence-corrected chi connectivity index (χ3v) is 4.13. The van der Waals surface area contributed by atoms with Gasteiger partial charge in [-0.1, -0.05) is 19.8 Å². The number of amides is 1. The second-order valence-corrected chi connectivity index (χ2v) is 5.85. The molecule has 3 heteroatoms. The molecule has 1 amide bonds. The topological polar surface area (TPSA) is 55.1 Å². The van der Waals surface area contributed by atoms with Crippen LogP contribution in [-0.2, 0) is 0 Å². The number of benzene rings is 1. The van der Waals surface area contributed by atoms with Crippen LogP contribution in [0, 0.1) is 12.8 Å². The fourth-order valence-corrected chi connectivity index (χ4v) is 2.83. The Bertz CT molecular complexity index is 456. The second kappa shape index (κ2) is 6.09. The lowest BCUT2D eigenvalue weighted by molar-refractivity contribution is 0.1000. The van der Waals surface area contributed by atoms with Crippen molar-refractivity contribution in [2.75, 3.05) is 5.32 Å². The molecular formula is C16H24N2O. The molecule has 0 heterocycles. The first kappa shape index (κ1) is 13.9. The highest BCUT2D eigenvalue weighted by molar-refractivity contribution is 5.93. The predicted molar refractivity (Wildman–Crippen MR) is 79.4 cm³/mol. The van der Waals surface area contributed by atoms with E-state index in [1.807, 2.05) is 19.1 Å². The minimum Gasteiger partial charge on any atom is -0.382 e. The highest BCUT2D eigenvalue weighted by Crippen LogP contribution is 2.26. The maximum Gasteiger partial charge on any atom is 0.248 e. The van der Waals surface area contributed by atoms with E-state index in [9.17, 15) is 4.79 Å². The van der Waals surface area contributed by atoms with Gasteiger partial charge < -0.3 is 11.1 Å². The van der Waals surface area contributed by atoms with Crippen LogP contribution in [0.15, 0.2) is 18.2 Å². The van der Waals surface area contributed by atoms with Crippen LogP contribution in [0.3, 0.4) is 0 Å². The highest BCUT2D eigenvalue weighted by atomic mass is 16.1. The van der Waals surface area contributed by atoms with E-state index in [0.717, 1.165) is 17.2 Å². The Morgan fingerprint density at radius 2 is 2.05 bits per heavy atom. The summed E-state index contributed by atoms with van der Waals surface area (Å²) in [5.41, 5.74) is 8.10. The Morgan fingerprint density at radius 3 is 2.74 bits per heavy atom. The summed E-state index contributed by atoms with van der Waals surface area (Å²) in [6.45, 7) is 4.36. The minimum atomic E-state index is -0.363. The molecule has 1 aliphatic carbocycles. The molecule has 0 saturated heterocycles. The number of nitrogens with one attached hydrogen (secondary N) is 1. The average molecular weight is 260 g/mol. The molecule has 1 aromatic rings. The summed E-state index contributed by atoms with van der Waals surface area (Å²) >= 11 is 0. The lowest BCUT2D eigenvalue weighted by Gasteiger charge is -2.19. The van der Waals surface area contributed by atoms with Gasteiger partial charge in [0.1, 0.15) is 0 Å². The predicted octanol–water partition coefficient (Wildman–Crippen LogP) is 3.47. The molecule has 3 N–H and O–H groups in total. The van der Waals surface area contributed by atoms with Gasteiger partial charge in [-0.15, -0.1) is 0 Å². The quantitative estimate of drug-likeness (QED) is 0.818. The SMILES string of the molecule is Cc1cc(C(N)=O)ccc1NC1CCCC(C)CC1. The molecule has 1 fully saturated rings. The van der Waals surface area contributed by atoms with Gasteiger partial charge in [0.05, 0.1) is 0 Å². The number of anilines is 1. The maximum atomic E-state index is 11.1. The Hall–Kier alpha value is -1.51. The van der Waals surface area contributed by atoms with Gasteiger partial charge in [0.25, 0.3) is 0 Å². The van der Waals surface area contributed by atoms with Crippen LogP contribution < -0.4 is 11.1 Å². The van der Waals surface area contributed by atoms with Crippen LogP contribution in [0.5, 0.6) is 0 Å². The van der Waals surface area contributed by atoms with Crippen LogP contribution in [0.4, 0.5) is 5.69 Å². The summed E-state index contributed by atoms with van der Waals surface area (Å²) in [7, 11) is 0. The number of hydrogen-bond acceptors (Lipinski definition) is 2. The number of aryl methyl sites for hydroxylation is 1. The van der Waals surface area contributed by atoms with Crippen LogP contribution in [0.2, 0.25) is 0 Å². The second-order valence-electron chi connectivity index (χ2n) is 5.85. The van der Waals surface area contributed by atoms with Crippen molar-refractivity contribution < 1.29 is 4.79 Å². The summed E-state index contributed by atoms with van der Waals surface area (Å²) in [6.07, 6.45) is 6.42. The van der Waals surface area contributed by atoms with Crippen molar-refractivity contribution in [3.05, 3.63) is 29.3 Å². The average Bonchev–Trinajstić information content (AvgIpc) is 2.57. The van der Waals surface area contributed by atoms with Gasteiger partial charge in [0, 0.05) is 17.3 Å². The van der Waals surface area contributed by atoms with Crippen LogP contribution in [0.25, 0.3) is 0 Å². The van der Waals surface area contributed by atoms with Crippen molar-refractivity contribution in [3.8, 4) is 0 Å². The molecule has 2 rings (SSSR count). The Kier molecular flexibility index (Phi) is 4.46. The van der Waals surface area contributed by atoms with Crippen LogP contribution >= 0.6 is 0 Å². The first-order chi connectivity index (χ1) is 9.06. The first-order valence-electron chi connectivity index (χ1n) is 7.23. The Morgan fingerprint density at radius 1 is 1.26 bits per heavy atom. The van der Waals surface area contributed by atoms with Crippen molar-refractivity contribution in [2.24, 2.45) is 11.7 Å². The van der Waals surface area contributed by atoms with Crippen molar-refractivity contribution in [2.45, 2.75) is 52.0 Å². The normalized spacial score (nSPS) is 23.7. The number of nitrogens with two attached hydrogens (primary N) is 1. The van der Waals surface area contributed by atoms with E-state index in [-0.39, 0.29) is 5.91 Å². The maximum absolute atomic E-state index is 11.1. The smallest absolute Gasteiger partial charge is 0.248 e. The summed E-state index contributed by atoms with van der Waals surface area (Å²) < 4.78 is 0. The zero-order valence-electron chi connectivity index (χ0n) is 11.9. The van der Waals surface area contributed by atoms with Gasteiger partial charge in [-0.05, 0) is 55.9 Å². The van der Waals surface area contributed by atoms with E-state index in [4.69, 9.17) is 5.73 Å². The van der Waals surface area contributed by atoms with Crippen molar-refractivity contribution >= 4 is 11.6 Å². The monoisotopic (exact) mass is 260 g/mol. The standard InChI is InChI=1S/C16H24N2O/c1-11-4-3-5-14(8-6-11)18-15-9-7-13(16(17)19)10-12(15)2/h7,9-11,14,18H,3-6,8H2,1-2H3,(H2,17,19). The molecule has 2 atom stereocenters. The zero-order chi connectivity index (χ0) is 13.8.